The Balaban J connectivity index is 2.03. The SMILES string of the molecule is Cc1c(N)cccc1NC(=O)CN(C)c1cccc(F)c1. The van der Waals surface area contributed by atoms with Crippen molar-refractivity contribution in [2.75, 3.05) is 29.5 Å². The van der Waals surface area contributed by atoms with Crippen molar-refractivity contribution in [2.24, 2.45) is 0 Å². The Hall–Kier alpha value is -2.56. The van der Waals surface area contributed by atoms with Gasteiger partial charge in [0.2, 0.25) is 5.91 Å². The van der Waals surface area contributed by atoms with Crippen molar-refractivity contribution in [1.29, 1.82) is 0 Å². The number of carbonyl (C=O) groups excluding carboxylic acids is 1. The molecule has 0 bridgehead atoms. The Bertz CT molecular complexity index is 658. The molecule has 21 heavy (non-hydrogen) atoms. The normalized spacial score (nSPS) is 10.2. The maximum Gasteiger partial charge on any atom is 0.243 e. The van der Waals surface area contributed by atoms with Gasteiger partial charge in [0.25, 0.3) is 0 Å². The third-order valence-electron chi connectivity index (χ3n) is 3.28. The van der Waals surface area contributed by atoms with Crippen LogP contribution in [0.2, 0.25) is 0 Å². The van der Waals surface area contributed by atoms with E-state index in [1.807, 2.05) is 6.92 Å². The molecule has 110 valence electrons. The van der Waals surface area contributed by atoms with Crippen molar-refractivity contribution in [1.82, 2.24) is 0 Å². The molecule has 0 fully saturated rings. The highest BCUT2D eigenvalue weighted by atomic mass is 19.1. The molecule has 0 unspecified atom stereocenters. The molecule has 0 aliphatic heterocycles. The standard InChI is InChI=1S/C16H18FN3O/c1-11-14(18)7-4-8-15(11)19-16(21)10-20(2)13-6-3-5-12(17)9-13/h3-9H,10,18H2,1-2H3,(H,19,21). The van der Waals surface area contributed by atoms with Gasteiger partial charge in [0.15, 0.2) is 0 Å². The van der Waals surface area contributed by atoms with Crippen LogP contribution < -0.4 is 16.0 Å². The zero-order valence-corrected chi connectivity index (χ0v) is 12.1. The van der Waals surface area contributed by atoms with Crippen LogP contribution in [0.1, 0.15) is 5.56 Å². The lowest BCUT2D eigenvalue weighted by atomic mass is 10.1. The Labute approximate surface area is 123 Å². The van der Waals surface area contributed by atoms with Gasteiger partial charge in [0.05, 0.1) is 6.54 Å². The summed E-state index contributed by atoms with van der Waals surface area (Å²) in [6.07, 6.45) is 0. The van der Waals surface area contributed by atoms with E-state index in [1.165, 1.54) is 12.1 Å². The topological polar surface area (TPSA) is 58.4 Å². The van der Waals surface area contributed by atoms with Gasteiger partial charge in [-0.1, -0.05) is 12.1 Å². The summed E-state index contributed by atoms with van der Waals surface area (Å²) in [5.74, 6) is -0.512. The fourth-order valence-corrected chi connectivity index (χ4v) is 2.00. The zero-order valence-electron chi connectivity index (χ0n) is 12.1. The number of nitrogens with two attached hydrogens (primary N) is 1. The number of anilines is 3. The second-order valence-corrected chi connectivity index (χ2v) is 4.90. The lowest BCUT2D eigenvalue weighted by Gasteiger charge is -2.19. The molecular formula is C16H18FN3O. The number of hydrogen-bond acceptors (Lipinski definition) is 3. The van der Waals surface area contributed by atoms with E-state index >= 15 is 0 Å². The highest BCUT2D eigenvalue weighted by molar-refractivity contribution is 5.95. The molecule has 0 saturated heterocycles. The fraction of sp³-hybridized carbons (Fsp3) is 0.188. The van der Waals surface area contributed by atoms with E-state index in [-0.39, 0.29) is 18.3 Å². The minimum absolute atomic E-state index is 0.123. The van der Waals surface area contributed by atoms with Crippen LogP contribution in [-0.4, -0.2) is 19.5 Å². The molecule has 0 saturated carbocycles. The van der Waals surface area contributed by atoms with Crippen LogP contribution in [0.3, 0.4) is 0 Å². The predicted octanol–water partition coefficient (Wildman–Crippen LogP) is 2.79. The average molecular weight is 287 g/mol. The Morgan fingerprint density at radius 2 is 2.00 bits per heavy atom. The van der Waals surface area contributed by atoms with Crippen LogP contribution in [0.25, 0.3) is 0 Å². The maximum atomic E-state index is 13.2. The number of rotatable bonds is 4. The van der Waals surface area contributed by atoms with Crippen molar-refractivity contribution < 1.29 is 9.18 Å². The first kappa shape index (κ1) is 14.8. The summed E-state index contributed by atoms with van der Waals surface area (Å²) in [4.78, 5) is 13.7. The van der Waals surface area contributed by atoms with Crippen molar-refractivity contribution in [3.63, 3.8) is 0 Å². The fourth-order valence-electron chi connectivity index (χ4n) is 2.00. The summed E-state index contributed by atoms with van der Waals surface area (Å²) in [7, 11) is 1.74. The van der Waals surface area contributed by atoms with Gasteiger partial charge in [-0.2, -0.15) is 0 Å². The van der Waals surface area contributed by atoms with E-state index in [0.717, 1.165) is 5.56 Å². The monoisotopic (exact) mass is 287 g/mol. The summed E-state index contributed by atoms with van der Waals surface area (Å²) < 4.78 is 13.2. The van der Waals surface area contributed by atoms with Crippen molar-refractivity contribution in [3.05, 3.63) is 53.8 Å². The van der Waals surface area contributed by atoms with Gasteiger partial charge >= 0.3 is 0 Å². The summed E-state index contributed by atoms with van der Waals surface area (Å²) in [5.41, 5.74) is 8.60. The smallest absolute Gasteiger partial charge is 0.243 e. The molecule has 2 rings (SSSR count). The zero-order chi connectivity index (χ0) is 15.4. The number of nitrogen functional groups attached to an aromatic ring is 1. The van der Waals surface area contributed by atoms with Crippen LogP contribution in [0.15, 0.2) is 42.5 Å². The number of nitrogens with one attached hydrogen (secondary N) is 1. The van der Waals surface area contributed by atoms with Gasteiger partial charge in [-0.05, 0) is 42.8 Å². The molecule has 0 spiro atoms. The molecule has 0 aromatic heterocycles. The predicted molar refractivity (Wildman–Crippen MR) is 83.9 cm³/mol. The van der Waals surface area contributed by atoms with Crippen molar-refractivity contribution >= 4 is 23.0 Å². The third-order valence-corrected chi connectivity index (χ3v) is 3.28. The molecule has 0 aliphatic rings. The van der Waals surface area contributed by atoms with Crippen LogP contribution in [0, 0.1) is 12.7 Å². The quantitative estimate of drug-likeness (QED) is 0.850. The van der Waals surface area contributed by atoms with E-state index in [2.05, 4.69) is 5.32 Å². The van der Waals surface area contributed by atoms with Crippen LogP contribution in [0.5, 0.6) is 0 Å². The van der Waals surface area contributed by atoms with E-state index in [9.17, 15) is 9.18 Å². The van der Waals surface area contributed by atoms with Crippen molar-refractivity contribution in [2.45, 2.75) is 6.92 Å². The molecule has 4 nitrogen and oxygen atoms in total. The summed E-state index contributed by atoms with van der Waals surface area (Å²) in [5, 5.41) is 2.81. The summed E-state index contributed by atoms with van der Waals surface area (Å²) in [6.45, 7) is 1.97. The minimum atomic E-state index is -0.327. The number of carbonyl (C=O) groups is 1. The molecular weight excluding hydrogens is 269 g/mol. The summed E-state index contributed by atoms with van der Waals surface area (Å²) in [6, 6.07) is 11.5. The number of nitrogens with zero attached hydrogens (tertiary/aromatic N) is 1. The van der Waals surface area contributed by atoms with Gasteiger partial charge in [0.1, 0.15) is 5.82 Å². The Morgan fingerprint density at radius 3 is 2.71 bits per heavy atom. The van der Waals surface area contributed by atoms with E-state index in [4.69, 9.17) is 5.73 Å². The number of amides is 1. The Kier molecular flexibility index (Phi) is 4.42. The van der Waals surface area contributed by atoms with Crippen LogP contribution in [-0.2, 0) is 4.79 Å². The van der Waals surface area contributed by atoms with E-state index in [1.54, 1.807) is 42.3 Å². The second kappa shape index (κ2) is 6.26. The van der Waals surface area contributed by atoms with Crippen molar-refractivity contribution in [3.8, 4) is 0 Å². The number of halogens is 1. The molecule has 2 aromatic rings. The van der Waals surface area contributed by atoms with Gasteiger partial charge in [-0.15, -0.1) is 0 Å². The maximum absolute atomic E-state index is 13.2. The van der Waals surface area contributed by atoms with E-state index in [0.29, 0.717) is 17.1 Å². The first-order valence-electron chi connectivity index (χ1n) is 6.59. The van der Waals surface area contributed by atoms with Crippen LogP contribution >= 0.6 is 0 Å². The van der Waals surface area contributed by atoms with Crippen LogP contribution in [0.4, 0.5) is 21.5 Å². The number of hydrogen-bond donors (Lipinski definition) is 2. The number of benzene rings is 2. The van der Waals surface area contributed by atoms with E-state index < -0.39 is 0 Å². The molecule has 5 heteroatoms. The van der Waals surface area contributed by atoms with Gasteiger partial charge in [-0.3, -0.25) is 4.79 Å². The van der Waals surface area contributed by atoms with Gasteiger partial charge < -0.3 is 16.0 Å². The Morgan fingerprint density at radius 1 is 1.29 bits per heavy atom. The molecule has 2 aromatic carbocycles. The number of likely N-dealkylation sites (N-methyl/N-ethyl adjacent to an activating group) is 1. The molecule has 0 atom stereocenters. The first-order valence-corrected chi connectivity index (χ1v) is 6.59. The molecule has 0 heterocycles. The molecule has 3 N–H and O–H groups in total. The minimum Gasteiger partial charge on any atom is -0.398 e. The third kappa shape index (κ3) is 3.72. The lowest BCUT2D eigenvalue weighted by molar-refractivity contribution is -0.114. The van der Waals surface area contributed by atoms with Gasteiger partial charge in [0, 0.05) is 24.1 Å². The highest BCUT2D eigenvalue weighted by Gasteiger charge is 2.10. The summed E-state index contributed by atoms with van der Waals surface area (Å²) >= 11 is 0. The average Bonchev–Trinajstić information content (AvgIpc) is 2.44. The molecule has 0 aliphatic carbocycles. The van der Waals surface area contributed by atoms with Gasteiger partial charge in [-0.25, -0.2) is 4.39 Å². The largest absolute Gasteiger partial charge is 0.398 e. The molecule has 0 radical (unpaired) electrons. The lowest BCUT2D eigenvalue weighted by Crippen LogP contribution is -2.30. The first-order chi connectivity index (χ1) is 9.97. The second-order valence-electron chi connectivity index (χ2n) is 4.90. The molecule has 1 amide bonds. The highest BCUT2D eigenvalue weighted by Crippen LogP contribution is 2.20.